The maximum absolute atomic E-state index is 12.4. The quantitative estimate of drug-likeness (QED) is 0.633. The Labute approximate surface area is 165 Å². The van der Waals surface area contributed by atoms with E-state index < -0.39 is 0 Å². The first-order chi connectivity index (χ1) is 12.6. The van der Waals surface area contributed by atoms with Crippen molar-refractivity contribution >= 4 is 29.7 Å². The minimum absolute atomic E-state index is 0. The summed E-state index contributed by atoms with van der Waals surface area (Å²) in [5, 5.41) is 2.84. The van der Waals surface area contributed by atoms with Crippen LogP contribution in [0.1, 0.15) is 21.5 Å². The predicted octanol–water partition coefficient (Wildman–Crippen LogP) is 3.97. The van der Waals surface area contributed by atoms with E-state index in [2.05, 4.69) is 28.3 Å². The molecule has 1 heterocycles. The maximum atomic E-state index is 12.4. The first-order valence-electron chi connectivity index (χ1n) is 8.44. The number of amides is 1. The molecule has 0 radical (unpaired) electrons. The maximum Gasteiger partial charge on any atom is 0.255 e. The average molecular weight is 383 g/mol. The summed E-state index contributed by atoms with van der Waals surface area (Å²) in [4.78, 5) is 18.7. The Hall–Kier alpha value is -2.89. The monoisotopic (exact) mass is 382 g/mol. The summed E-state index contributed by atoms with van der Waals surface area (Å²) in [6.07, 6.45) is 3.65. The molecule has 1 amide bonds. The van der Waals surface area contributed by atoms with Gasteiger partial charge in [-0.05, 0) is 48.5 Å². The van der Waals surface area contributed by atoms with Crippen LogP contribution in [-0.4, -0.2) is 22.8 Å². The third-order valence-electron chi connectivity index (χ3n) is 4.05. The number of hydrogen-bond acceptors (Lipinski definition) is 4. The standard InChI is InChI=1S/C21H22N4O.ClH/c1-25(15-17-5-4-12-23-13-17)14-16-8-10-18(11-9-16)21(26)24-20-7-3-2-6-19(20)22;/h2-13H,14-15,22H2,1H3,(H,24,26);1H. The van der Waals surface area contributed by atoms with Gasteiger partial charge in [0, 0.05) is 31.0 Å². The summed E-state index contributed by atoms with van der Waals surface area (Å²) in [5.41, 5.74) is 9.96. The van der Waals surface area contributed by atoms with E-state index in [4.69, 9.17) is 5.73 Å². The van der Waals surface area contributed by atoms with Gasteiger partial charge >= 0.3 is 0 Å². The second kappa shape index (κ2) is 9.71. The fraction of sp³-hybridized carbons (Fsp3) is 0.143. The first-order valence-corrected chi connectivity index (χ1v) is 8.44. The van der Waals surface area contributed by atoms with Crippen molar-refractivity contribution in [1.29, 1.82) is 0 Å². The van der Waals surface area contributed by atoms with Crippen LogP contribution in [0.15, 0.2) is 73.1 Å². The third-order valence-corrected chi connectivity index (χ3v) is 4.05. The van der Waals surface area contributed by atoms with Gasteiger partial charge in [0.05, 0.1) is 11.4 Å². The number of nitrogens with two attached hydrogens (primary N) is 1. The normalized spacial score (nSPS) is 10.3. The Morgan fingerprint density at radius 1 is 1.00 bits per heavy atom. The van der Waals surface area contributed by atoms with Gasteiger partial charge in [0.25, 0.3) is 5.91 Å². The number of anilines is 2. The zero-order valence-electron chi connectivity index (χ0n) is 15.1. The molecule has 3 N–H and O–H groups in total. The number of halogens is 1. The molecule has 0 aliphatic heterocycles. The zero-order chi connectivity index (χ0) is 18.4. The SMILES string of the molecule is CN(Cc1ccc(C(=O)Nc2ccccc2N)cc1)Cc1cccnc1.Cl. The van der Waals surface area contributed by atoms with Gasteiger partial charge in [-0.1, -0.05) is 30.3 Å². The predicted molar refractivity (Wildman–Crippen MR) is 112 cm³/mol. The van der Waals surface area contributed by atoms with Crippen LogP contribution in [0.3, 0.4) is 0 Å². The van der Waals surface area contributed by atoms with Gasteiger partial charge in [-0.3, -0.25) is 14.7 Å². The van der Waals surface area contributed by atoms with Crippen molar-refractivity contribution in [2.24, 2.45) is 0 Å². The van der Waals surface area contributed by atoms with Gasteiger partial charge in [-0.15, -0.1) is 12.4 Å². The lowest BCUT2D eigenvalue weighted by Crippen LogP contribution is -2.17. The minimum Gasteiger partial charge on any atom is -0.397 e. The highest BCUT2D eigenvalue weighted by Gasteiger charge is 2.08. The van der Waals surface area contributed by atoms with Crippen molar-refractivity contribution in [3.05, 3.63) is 89.7 Å². The summed E-state index contributed by atoms with van der Waals surface area (Å²) in [7, 11) is 2.06. The van der Waals surface area contributed by atoms with Crippen molar-refractivity contribution in [1.82, 2.24) is 9.88 Å². The Balaban J connectivity index is 0.00000261. The molecule has 0 unspecified atom stereocenters. The lowest BCUT2D eigenvalue weighted by atomic mass is 10.1. The molecule has 0 bridgehead atoms. The Bertz CT molecular complexity index is 869. The Kier molecular flexibility index (Phi) is 7.34. The molecule has 27 heavy (non-hydrogen) atoms. The number of nitrogen functional groups attached to an aromatic ring is 1. The third kappa shape index (κ3) is 5.81. The van der Waals surface area contributed by atoms with Crippen molar-refractivity contribution in [2.75, 3.05) is 18.1 Å². The van der Waals surface area contributed by atoms with E-state index in [-0.39, 0.29) is 18.3 Å². The van der Waals surface area contributed by atoms with Crippen molar-refractivity contribution in [2.45, 2.75) is 13.1 Å². The lowest BCUT2D eigenvalue weighted by Gasteiger charge is -2.16. The molecule has 0 saturated heterocycles. The van der Waals surface area contributed by atoms with Crippen LogP contribution >= 0.6 is 12.4 Å². The van der Waals surface area contributed by atoms with E-state index in [1.807, 2.05) is 48.7 Å². The summed E-state index contributed by atoms with van der Waals surface area (Å²) in [5.74, 6) is -0.168. The molecule has 0 atom stereocenters. The molecule has 140 valence electrons. The minimum atomic E-state index is -0.168. The van der Waals surface area contributed by atoms with E-state index in [9.17, 15) is 4.79 Å². The highest BCUT2D eigenvalue weighted by atomic mass is 35.5. The van der Waals surface area contributed by atoms with Crippen LogP contribution in [-0.2, 0) is 13.1 Å². The van der Waals surface area contributed by atoms with E-state index in [1.165, 1.54) is 5.56 Å². The number of carbonyl (C=O) groups is 1. The molecular formula is C21H23ClN4O. The summed E-state index contributed by atoms with van der Waals surface area (Å²) < 4.78 is 0. The molecule has 0 aliphatic carbocycles. The number of carbonyl (C=O) groups excluding carboxylic acids is 1. The molecule has 2 aromatic carbocycles. The number of aromatic nitrogens is 1. The van der Waals surface area contributed by atoms with E-state index >= 15 is 0 Å². The van der Waals surface area contributed by atoms with Crippen molar-refractivity contribution in [3.8, 4) is 0 Å². The van der Waals surface area contributed by atoms with Crippen LogP contribution in [0.2, 0.25) is 0 Å². The zero-order valence-corrected chi connectivity index (χ0v) is 15.9. The average Bonchev–Trinajstić information content (AvgIpc) is 2.65. The Morgan fingerprint density at radius 2 is 1.70 bits per heavy atom. The number of nitrogens with one attached hydrogen (secondary N) is 1. The molecule has 3 aromatic rings. The number of pyridine rings is 1. The van der Waals surface area contributed by atoms with E-state index in [1.54, 1.807) is 18.3 Å². The number of rotatable bonds is 6. The summed E-state index contributed by atoms with van der Waals surface area (Å²) >= 11 is 0. The number of benzene rings is 2. The molecule has 3 rings (SSSR count). The number of para-hydroxylation sites is 2. The van der Waals surface area contributed by atoms with Crippen molar-refractivity contribution in [3.63, 3.8) is 0 Å². The van der Waals surface area contributed by atoms with Crippen LogP contribution in [0.4, 0.5) is 11.4 Å². The van der Waals surface area contributed by atoms with E-state index in [0.29, 0.717) is 16.9 Å². The molecule has 0 spiro atoms. The Morgan fingerprint density at radius 3 is 2.37 bits per heavy atom. The molecule has 0 aliphatic rings. The summed E-state index contributed by atoms with van der Waals surface area (Å²) in [6, 6.07) is 18.8. The van der Waals surface area contributed by atoms with E-state index in [0.717, 1.165) is 18.7 Å². The summed E-state index contributed by atoms with van der Waals surface area (Å²) in [6.45, 7) is 1.62. The van der Waals surface area contributed by atoms with Crippen LogP contribution in [0.25, 0.3) is 0 Å². The van der Waals surface area contributed by atoms with Gasteiger partial charge in [0.2, 0.25) is 0 Å². The van der Waals surface area contributed by atoms with Gasteiger partial charge in [0.1, 0.15) is 0 Å². The highest BCUT2D eigenvalue weighted by molar-refractivity contribution is 6.05. The van der Waals surface area contributed by atoms with Gasteiger partial charge in [0.15, 0.2) is 0 Å². The number of nitrogens with zero attached hydrogens (tertiary/aromatic N) is 2. The first kappa shape index (κ1) is 20.4. The molecule has 0 fully saturated rings. The number of hydrogen-bond donors (Lipinski definition) is 2. The van der Waals surface area contributed by atoms with Crippen LogP contribution < -0.4 is 11.1 Å². The fourth-order valence-electron chi connectivity index (χ4n) is 2.74. The smallest absolute Gasteiger partial charge is 0.255 e. The van der Waals surface area contributed by atoms with Gasteiger partial charge < -0.3 is 11.1 Å². The molecule has 1 aromatic heterocycles. The lowest BCUT2D eigenvalue weighted by molar-refractivity contribution is 0.102. The molecular weight excluding hydrogens is 360 g/mol. The van der Waals surface area contributed by atoms with Gasteiger partial charge in [-0.25, -0.2) is 0 Å². The fourth-order valence-corrected chi connectivity index (χ4v) is 2.74. The van der Waals surface area contributed by atoms with Gasteiger partial charge in [-0.2, -0.15) is 0 Å². The molecule has 0 saturated carbocycles. The van der Waals surface area contributed by atoms with Crippen LogP contribution in [0.5, 0.6) is 0 Å². The second-order valence-electron chi connectivity index (χ2n) is 6.27. The second-order valence-corrected chi connectivity index (χ2v) is 6.27. The highest BCUT2D eigenvalue weighted by Crippen LogP contribution is 2.18. The van der Waals surface area contributed by atoms with Crippen LogP contribution in [0, 0.1) is 0 Å². The molecule has 6 heteroatoms. The van der Waals surface area contributed by atoms with Crippen molar-refractivity contribution < 1.29 is 4.79 Å². The largest absolute Gasteiger partial charge is 0.397 e. The topological polar surface area (TPSA) is 71.2 Å². The molecule has 5 nitrogen and oxygen atoms in total.